The summed E-state index contributed by atoms with van der Waals surface area (Å²) in [4.78, 5) is 24.1. The van der Waals surface area contributed by atoms with Crippen LogP contribution in [0.1, 0.15) is 46.4 Å². The van der Waals surface area contributed by atoms with Crippen LogP contribution in [0, 0.1) is 0 Å². The number of hydrogen-bond acceptors (Lipinski definition) is 3. The Balaban J connectivity index is 1.52. The summed E-state index contributed by atoms with van der Waals surface area (Å²) in [6.07, 6.45) is 3.18. The van der Waals surface area contributed by atoms with Gasteiger partial charge >= 0.3 is 5.97 Å². The molecule has 25 heavy (non-hydrogen) atoms. The number of carbonyl (C=O) groups is 2. The fourth-order valence-electron chi connectivity index (χ4n) is 3.06. The number of amides is 1. The fourth-order valence-corrected chi connectivity index (χ4v) is 3.25. The van der Waals surface area contributed by atoms with Crippen molar-refractivity contribution in [1.29, 1.82) is 0 Å². The summed E-state index contributed by atoms with van der Waals surface area (Å²) >= 11 is 5.95. The van der Waals surface area contributed by atoms with Crippen molar-refractivity contribution in [1.82, 2.24) is 5.32 Å². The summed E-state index contributed by atoms with van der Waals surface area (Å²) in [5.41, 5.74) is 3.89. The molecule has 0 fully saturated rings. The second kappa shape index (κ2) is 7.70. The van der Waals surface area contributed by atoms with Gasteiger partial charge in [-0.15, -0.1) is 0 Å². The normalized spacial score (nSPS) is 13.8. The lowest BCUT2D eigenvalue weighted by atomic mass is 10.1. The number of carbonyl (C=O) groups excluding carboxylic acids is 2. The highest BCUT2D eigenvalue weighted by Gasteiger charge is 2.16. The van der Waals surface area contributed by atoms with Crippen molar-refractivity contribution in [3.05, 3.63) is 69.7 Å². The van der Waals surface area contributed by atoms with Crippen LogP contribution in [0.3, 0.4) is 0 Å². The average Bonchev–Trinajstić information content (AvgIpc) is 3.07. The van der Waals surface area contributed by atoms with Crippen LogP contribution in [0.2, 0.25) is 5.02 Å². The molecule has 1 atom stereocenters. The number of benzene rings is 2. The van der Waals surface area contributed by atoms with Gasteiger partial charge in [-0.2, -0.15) is 0 Å². The summed E-state index contributed by atoms with van der Waals surface area (Å²) in [5, 5.41) is 3.41. The first-order valence-corrected chi connectivity index (χ1v) is 8.74. The van der Waals surface area contributed by atoms with E-state index < -0.39 is 5.97 Å². The van der Waals surface area contributed by atoms with E-state index in [-0.39, 0.29) is 18.6 Å². The third kappa shape index (κ3) is 4.40. The maximum Gasteiger partial charge on any atom is 0.338 e. The summed E-state index contributed by atoms with van der Waals surface area (Å²) < 4.78 is 5.13. The number of fused-ring (bicyclic) bond motifs is 1. The van der Waals surface area contributed by atoms with Crippen molar-refractivity contribution in [2.45, 2.75) is 32.2 Å². The smallest absolute Gasteiger partial charge is 0.338 e. The van der Waals surface area contributed by atoms with E-state index in [0.29, 0.717) is 10.6 Å². The molecule has 0 unspecified atom stereocenters. The Morgan fingerprint density at radius 1 is 1.16 bits per heavy atom. The predicted octanol–water partition coefficient (Wildman–Crippen LogP) is 3.86. The second-order valence-corrected chi connectivity index (χ2v) is 6.69. The lowest BCUT2D eigenvalue weighted by Crippen LogP contribution is -2.31. The molecule has 0 heterocycles. The van der Waals surface area contributed by atoms with Crippen LogP contribution >= 0.6 is 11.6 Å². The van der Waals surface area contributed by atoms with Crippen LogP contribution in [0.5, 0.6) is 0 Å². The van der Waals surface area contributed by atoms with E-state index >= 15 is 0 Å². The van der Waals surface area contributed by atoms with Gasteiger partial charge in [-0.25, -0.2) is 4.79 Å². The molecule has 0 saturated heterocycles. The molecule has 0 saturated carbocycles. The Bertz CT molecular complexity index is 803. The first-order chi connectivity index (χ1) is 12.0. The van der Waals surface area contributed by atoms with Crippen LogP contribution in [-0.4, -0.2) is 18.5 Å². The molecule has 1 aliphatic rings. The van der Waals surface area contributed by atoms with Gasteiger partial charge in [-0.05, 0) is 67.1 Å². The molecule has 0 spiro atoms. The van der Waals surface area contributed by atoms with E-state index in [9.17, 15) is 9.59 Å². The van der Waals surface area contributed by atoms with Crippen molar-refractivity contribution >= 4 is 23.5 Å². The minimum absolute atomic E-state index is 0.218. The molecule has 1 N–H and O–H groups in total. The average molecular weight is 358 g/mol. The van der Waals surface area contributed by atoms with Crippen LogP contribution in [-0.2, 0) is 22.4 Å². The summed E-state index contributed by atoms with van der Waals surface area (Å²) in [5.74, 6) is -0.817. The molecule has 3 rings (SSSR count). The zero-order chi connectivity index (χ0) is 17.8. The maximum atomic E-state index is 12.1. The van der Waals surface area contributed by atoms with E-state index in [2.05, 4.69) is 5.32 Å². The minimum atomic E-state index is -0.472. The van der Waals surface area contributed by atoms with Crippen molar-refractivity contribution in [3.8, 4) is 0 Å². The number of rotatable bonds is 5. The highest BCUT2D eigenvalue weighted by atomic mass is 35.5. The fraction of sp³-hybridized carbons (Fsp3) is 0.300. The third-order valence-electron chi connectivity index (χ3n) is 4.39. The largest absolute Gasteiger partial charge is 0.452 e. The predicted molar refractivity (Wildman–Crippen MR) is 96.8 cm³/mol. The molecule has 5 heteroatoms. The first-order valence-electron chi connectivity index (χ1n) is 8.36. The van der Waals surface area contributed by atoms with Crippen LogP contribution in [0.25, 0.3) is 0 Å². The van der Waals surface area contributed by atoms with Crippen molar-refractivity contribution in [2.75, 3.05) is 6.61 Å². The summed E-state index contributed by atoms with van der Waals surface area (Å²) in [7, 11) is 0. The molecule has 130 valence electrons. The molecule has 2 aromatic rings. The van der Waals surface area contributed by atoms with Crippen molar-refractivity contribution in [2.24, 2.45) is 0 Å². The molecule has 4 nitrogen and oxygen atoms in total. The second-order valence-electron chi connectivity index (χ2n) is 6.26. The number of aryl methyl sites for hydroxylation is 2. The molecule has 1 aliphatic carbocycles. The number of nitrogens with one attached hydrogen (secondary N) is 1. The van der Waals surface area contributed by atoms with Gasteiger partial charge in [-0.3, -0.25) is 4.79 Å². The molecule has 0 aliphatic heterocycles. The van der Waals surface area contributed by atoms with Crippen LogP contribution in [0.4, 0.5) is 0 Å². The molecule has 0 aromatic heterocycles. The Morgan fingerprint density at radius 2 is 1.96 bits per heavy atom. The monoisotopic (exact) mass is 357 g/mol. The number of halogens is 1. The zero-order valence-electron chi connectivity index (χ0n) is 14.0. The highest BCUT2D eigenvalue weighted by molar-refractivity contribution is 6.30. The van der Waals surface area contributed by atoms with Gasteiger partial charge in [0.05, 0.1) is 11.6 Å². The Kier molecular flexibility index (Phi) is 5.39. The lowest BCUT2D eigenvalue weighted by molar-refractivity contribution is -0.124. The third-order valence-corrected chi connectivity index (χ3v) is 4.63. The standard InChI is InChI=1S/C20H20ClNO3/c1-13(15-5-3-7-18(21)11-15)22-19(23)12-25-20(24)17-9-8-14-4-2-6-16(14)10-17/h3,5,7-11,13H,2,4,6,12H2,1H3,(H,22,23)/t13-/m0/s1. The van der Waals surface area contributed by atoms with Gasteiger partial charge in [0, 0.05) is 5.02 Å². The van der Waals surface area contributed by atoms with Gasteiger partial charge < -0.3 is 10.1 Å². The van der Waals surface area contributed by atoms with Crippen LogP contribution in [0.15, 0.2) is 42.5 Å². The van der Waals surface area contributed by atoms with E-state index in [0.717, 1.165) is 24.8 Å². The zero-order valence-corrected chi connectivity index (χ0v) is 14.8. The number of ether oxygens (including phenoxy) is 1. The van der Waals surface area contributed by atoms with Gasteiger partial charge in [0.25, 0.3) is 5.91 Å². The van der Waals surface area contributed by atoms with E-state index in [1.807, 2.05) is 31.2 Å². The quantitative estimate of drug-likeness (QED) is 0.826. The molecular formula is C20H20ClNO3. The van der Waals surface area contributed by atoms with Gasteiger partial charge in [0.1, 0.15) is 0 Å². The summed E-state index contributed by atoms with van der Waals surface area (Å²) in [6, 6.07) is 12.7. The number of esters is 1. The van der Waals surface area contributed by atoms with E-state index in [4.69, 9.17) is 16.3 Å². The first kappa shape index (κ1) is 17.5. The van der Waals surface area contributed by atoms with Gasteiger partial charge in [0.2, 0.25) is 0 Å². The molecule has 1 amide bonds. The Labute approximate surface area is 152 Å². The molecular weight excluding hydrogens is 338 g/mol. The summed E-state index contributed by atoms with van der Waals surface area (Å²) in [6.45, 7) is 1.55. The van der Waals surface area contributed by atoms with E-state index in [1.165, 1.54) is 11.1 Å². The maximum absolute atomic E-state index is 12.1. The van der Waals surface area contributed by atoms with Crippen molar-refractivity contribution in [3.63, 3.8) is 0 Å². The number of hydrogen-bond donors (Lipinski definition) is 1. The lowest BCUT2D eigenvalue weighted by Gasteiger charge is -2.14. The van der Waals surface area contributed by atoms with E-state index in [1.54, 1.807) is 18.2 Å². The minimum Gasteiger partial charge on any atom is -0.452 e. The topological polar surface area (TPSA) is 55.4 Å². The molecule has 0 radical (unpaired) electrons. The highest BCUT2D eigenvalue weighted by Crippen LogP contribution is 2.23. The Morgan fingerprint density at radius 3 is 2.76 bits per heavy atom. The Hall–Kier alpha value is -2.33. The van der Waals surface area contributed by atoms with Gasteiger partial charge in [-0.1, -0.05) is 29.8 Å². The molecule has 2 aromatic carbocycles. The SMILES string of the molecule is C[C@H](NC(=O)COC(=O)c1ccc2c(c1)CCC2)c1cccc(Cl)c1. The molecule has 0 bridgehead atoms. The van der Waals surface area contributed by atoms with Gasteiger partial charge in [0.15, 0.2) is 6.61 Å². The van der Waals surface area contributed by atoms with Crippen LogP contribution < -0.4 is 5.32 Å². The van der Waals surface area contributed by atoms with Crippen molar-refractivity contribution < 1.29 is 14.3 Å².